The summed E-state index contributed by atoms with van der Waals surface area (Å²) in [6.07, 6.45) is 0. The van der Waals surface area contributed by atoms with E-state index in [4.69, 9.17) is 29.2 Å². The van der Waals surface area contributed by atoms with Crippen molar-refractivity contribution >= 4 is 40.2 Å². The molecule has 1 heterocycles. The van der Waals surface area contributed by atoms with E-state index in [0.717, 1.165) is 53.3 Å². The molecule has 2 aromatic carbocycles. The minimum atomic E-state index is 0.765. The van der Waals surface area contributed by atoms with Crippen LogP contribution in [-0.4, -0.2) is 53.2 Å². The molecule has 1 fully saturated rings. The lowest BCUT2D eigenvalue weighted by molar-refractivity contribution is 0.264. The lowest BCUT2D eigenvalue weighted by Gasteiger charge is -2.37. The maximum atomic E-state index is 5.65. The van der Waals surface area contributed by atoms with Crippen LogP contribution in [0.15, 0.2) is 54.6 Å². The second kappa shape index (κ2) is 8.27. The molecule has 0 bridgehead atoms. The second-order valence-electron chi connectivity index (χ2n) is 5.80. The van der Waals surface area contributed by atoms with E-state index >= 15 is 0 Å². The van der Waals surface area contributed by atoms with Crippen LogP contribution in [0.1, 0.15) is 5.56 Å². The normalized spacial score (nSPS) is 14.1. The SMILES string of the molecule is COc1ccc(C(=S)N2CCN(C(=S)Nc3ccccc3)CC2)cc1. The fraction of sp³-hybridized carbons (Fsp3) is 0.263. The van der Waals surface area contributed by atoms with Crippen LogP contribution in [0, 0.1) is 0 Å². The van der Waals surface area contributed by atoms with E-state index in [1.54, 1.807) is 7.11 Å². The number of nitrogens with one attached hydrogen (secondary N) is 1. The van der Waals surface area contributed by atoms with E-state index in [1.807, 2.05) is 54.6 Å². The molecule has 2 aromatic rings. The van der Waals surface area contributed by atoms with Crippen molar-refractivity contribution in [3.63, 3.8) is 0 Å². The third kappa shape index (κ3) is 4.46. The highest BCUT2D eigenvalue weighted by Crippen LogP contribution is 2.16. The molecule has 0 unspecified atom stereocenters. The van der Waals surface area contributed by atoms with Crippen LogP contribution < -0.4 is 10.1 Å². The fourth-order valence-electron chi connectivity index (χ4n) is 2.75. The van der Waals surface area contributed by atoms with Crippen molar-refractivity contribution < 1.29 is 4.74 Å². The number of rotatable bonds is 3. The zero-order valence-corrected chi connectivity index (χ0v) is 15.8. The third-order valence-corrected chi connectivity index (χ3v) is 5.07. The topological polar surface area (TPSA) is 27.7 Å². The van der Waals surface area contributed by atoms with Gasteiger partial charge in [-0.3, -0.25) is 0 Å². The summed E-state index contributed by atoms with van der Waals surface area (Å²) in [5.74, 6) is 0.841. The maximum absolute atomic E-state index is 5.65. The molecule has 1 aliphatic heterocycles. The molecule has 0 radical (unpaired) electrons. The minimum absolute atomic E-state index is 0.765. The molecule has 4 nitrogen and oxygen atoms in total. The second-order valence-corrected chi connectivity index (χ2v) is 6.58. The molecule has 0 aromatic heterocycles. The highest BCUT2D eigenvalue weighted by Gasteiger charge is 2.21. The first-order chi connectivity index (χ1) is 12.2. The molecular formula is C19H21N3OS2. The van der Waals surface area contributed by atoms with Gasteiger partial charge in [-0.1, -0.05) is 30.4 Å². The molecule has 1 saturated heterocycles. The van der Waals surface area contributed by atoms with Crippen molar-refractivity contribution in [3.8, 4) is 5.75 Å². The molecule has 3 rings (SSSR count). The van der Waals surface area contributed by atoms with Gasteiger partial charge in [0.1, 0.15) is 10.7 Å². The molecule has 0 amide bonds. The van der Waals surface area contributed by atoms with Gasteiger partial charge in [-0.05, 0) is 48.6 Å². The third-order valence-electron chi connectivity index (χ3n) is 4.22. The Bertz CT molecular complexity index is 726. The quantitative estimate of drug-likeness (QED) is 0.832. The van der Waals surface area contributed by atoms with E-state index in [-0.39, 0.29) is 0 Å². The Morgan fingerprint density at radius 3 is 2.08 bits per heavy atom. The number of anilines is 1. The van der Waals surface area contributed by atoms with Gasteiger partial charge in [-0.2, -0.15) is 0 Å². The van der Waals surface area contributed by atoms with Crippen LogP contribution in [0.2, 0.25) is 0 Å². The lowest BCUT2D eigenvalue weighted by Crippen LogP contribution is -2.51. The van der Waals surface area contributed by atoms with Crippen molar-refractivity contribution in [3.05, 3.63) is 60.2 Å². The van der Waals surface area contributed by atoms with Crippen LogP contribution in [0.4, 0.5) is 5.69 Å². The number of benzene rings is 2. The zero-order valence-electron chi connectivity index (χ0n) is 14.1. The predicted octanol–water partition coefficient (Wildman–Crippen LogP) is 3.39. The van der Waals surface area contributed by atoms with E-state index in [1.165, 1.54) is 0 Å². The average Bonchev–Trinajstić information content (AvgIpc) is 2.68. The number of hydrogen-bond donors (Lipinski definition) is 1. The van der Waals surface area contributed by atoms with Crippen LogP contribution in [0.25, 0.3) is 0 Å². The maximum Gasteiger partial charge on any atom is 0.173 e. The first-order valence-electron chi connectivity index (χ1n) is 8.21. The Balaban J connectivity index is 1.54. The number of hydrogen-bond acceptors (Lipinski definition) is 3. The summed E-state index contributed by atoms with van der Waals surface area (Å²) in [5, 5.41) is 4.06. The van der Waals surface area contributed by atoms with Gasteiger partial charge in [0, 0.05) is 37.4 Å². The summed E-state index contributed by atoms with van der Waals surface area (Å²) in [6, 6.07) is 17.9. The van der Waals surface area contributed by atoms with Gasteiger partial charge < -0.3 is 19.9 Å². The molecule has 0 spiro atoms. The monoisotopic (exact) mass is 371 g/mol. The summed E-state index contributed by atoms with van der Waals surface area (Å²) < 4.78 is 5.20. The van der Waals surface area contributed by atoms with Crippen molar-refractivity contribution in [1.82, 2.24) is 9.80 Å². The van der Waals surface area contributed by atoms with Crippen molar-refractivity contribution in [2.75, 3.05) is 38.6 Å². The van der Waals surface area contributed by atoms with Crippen LogP contribution in [0.3, 0.4) is 0 Å². The Morgan fingerprint density at radius 2 is 1.48 bits per heavy atom. The predicted molar refractivity (Wildman–Crippen MR) is 111 cm³/mol. The van der Waals surface area contributed by atoms with Crippen molar-refractivity contribution in [1.29, 1.82) is 0 Å². The zero-order chi connectivity index (χ0) is 17.6. The van der Waals surface area contributed by atoms with Crippen molar-refractivity contribution in [2.45, 2.75) is 0 Å². The standard InChI is InChI=1S/C19H21N3OS2/c1-23-17-9-7-15(8-10-17)18(24)21-11-13-22(14-12-21)19(25)20-16-5-3-2-4-6-16/h2-10H,11-14H2,1H3,(H,20,25). The van der Waals surface area contributed by atoms with E-state index in [2.05, 4.69) is 15.1 Å². The summed E-state index contributed by atoms with van der Waals surface area (Å²) in [4.78, 5) is 5.30. The summed E-state index contributed by atoms with van der Waals surface area (Å²) >= 11 is 11.2. The first kappa shape index (κ1) is 17.6. The van der Waals surface area contributed by atoms with E-state index < -0.39 is 0 Å². The Kier molecular flexibility index (Phi) is 5.83. The summed E-state index contributed by atoms with van der Waals surface area (Å²) in [5.41, 5.74) is 2.07. The van der Waals surface area contributed by atoms with Gasteiger partial charge in [-0.25, -0.2) is 0 Å². The fourth-order valence-corrected chi connectivity index (χ4v) is 3.37. The number of piperazine rings is 1. The number of thiocarbonyl (C=S) groups is 2. The number of para-hydroxylation sites is 1. The molecule has 6 heteroatoms. The van der Waals surface area contributed by atoms with Gasteiger partial charge >= 0.3 is 0 Å². The van der Waals surface area contributed by atoms with Gasteiger partial charge in [0.05, 0.1) is 7.11 Å². The summed E-state index contributed by atoms with van der Waals surface area (Å²) in [6.45, 7) is 3.44. The number of methoxy groups -OCH3 is 1. The van der Waals surface area contributed by atoms with Gasteiger partial charge in [0.25, 0.3) is 0 Å². The van der Waals surface area contributed by atoms with Gasteiger partial charge in [-0.15, -0.1) is 0 Å². The van der Waals surface area contributed by atoms with Gasteiger partial charge in [0.15, 0.2) is 5.11 Å². The average molecular weight is 372 g/mol. The molecule has 1 aliphatic rings. The Labute approximate surface area is 159 Å². The molecule has 130 valence electrons. The van der Waals surface area contributed by atoms with Crippen molar-refractivity contribution in [2.24, 2.45) is 0 Å². The molecular weight excluding hydrogens is 350 g/mol. The Hall–Kier alpha value is -2.18. The largest absolute Gasteiger partial charge is 0.497 e. The van der Waals surface area contributed by atoms with Crippen LogP contribution in [0.5, 0.6) is 5.75 Å². The smallest absolute Gasteiger partial charge is 0.173 e. The number of nitrogens with zero attached hydrogens (tertiary/aromatic N) is 2. The van der Waals surface area contributed by atoms with E-state index in [0.29, 0.717) is 0 Å². The van der Waals surface area contributed by atoms with E-state index in [9.17, 15) is 0 Å². The molecule has 0 saturated carbocycles. The highest BCUT2D eigenvalue weighted by molar-refractivity contribution is 7.80. The Morgan fingerprint density at radius 1 is 0.880 bits per heavy atom. The first-order valence-corrected chi connectivity index (χ1v) is 9.03. The minimum Gasteiger partial charge on any atom is -0.497 e. The lowest BCUT2D eigenvalue weighted by atomic mass is 10.2. The molecule has 0 atom stereocenters. The number of ether oxygens (including phenoxy) is 1. The van der Waals surface area contributed by atoms with Gasteiger partial charge in [0.2, 0.25) is 0 Å². The van der Waals surface area contributed by atoms with Crippen LogP contribution >= 0.6 is 24.4 Å². The molecule has 25 heavy (non-hydrogen) atoms. The molecule has 0 aliphatic carbocycles. The van der Waals surface area contributed by atoms with Crippen LogP contribution in [-0.2, 0) is 0 Å². The summed E-state index contributed by atoms with van der Waals surface area (Å²) in [7, 11) is 1.67. The molecule has 1 N–H and O–H groups in total. The highest BCUT2D eigenvalue weighted by atomic mass is 32.1.